The molecule has 0 spiro atoms. The minimum absolute atomic E-state index is 0.00690. The topological polar surface area (TPSA) is 125 Å². The van der Waals surface area contributed by atoms with Crippen LogP contribution in [-0.2, 0) is 33.2 Å². The normalized spacial score (nSPS) is 26.5. The molecule has 48 heavy (non-hydrogen) atoms. The Balaban J connectivity index is 2.05. The molecule has 11 nitrogen and oxygen atoms in total. The SMILES string of the molecule is C=CCC(CO)NC[C@H](C)CC(C)(OC)[C@H](OC1OC(C)CC(N(C)C)C1OC(=O)c1ccccc1)[C@@H](C)C1=C(C)C(=O)OC(C)(C)O1. The molecule has 1 aromatic rings. The summed E-state index contributed by atoms with van der Waals surface area (Å²) >= 11 is 0. The predicted octanol–water partition coefficient (Wildman–Crippen LogP) is 4.84. The van der Waals surface area contributed by atoms with E-state index < -0.39 is 47.7 Å². The fourth-order valence-corrected chi connectivity index (χ4v) is 6.67. The summed E-state index contributed by atoms with van der Waals surface area (Å²) in [7, 11) is 5.53. The van der Waals surface area contributed by atoms with Crippen molar-refractivity contribution < 1.29 is 43.1 Å². The fraction of sp³-hybridized carbons (Fsp3) is 0.676. The van der Waals surface area contributed by atoms with Crippen LogP contribution in [0.3, 0.4) is 0 Å². The number of aliphatic hydroxyl groups excluding tert-OH is 1. The van der Waals surface area contributed by atoms with E-state index in [0.717, 1.165) is 0 Å². The Morgan fingerprint density at radius 1 is 1.23 bits per heavy atom. The second kappa shape index (κ2) is 17.2. The van der Waals surface area contributed by atoms with Gasteiger partial charge in [0.2, 0.25) is 5.79 Å². The molecule has 9 atom stereocenters. The molecule has 2 heterocycles. The summed E-state index contributed by atoms with van der Waals surface area (Å²) in [5.74, 6) is -2.14. The molecular weight excluding hydrogens is 616 g/mol. The van der Waals surface area contributed by atoms with Crippen LogP contribution in [-0.4, -0.2) is 104 Å². The van der Waals surface area contributed by atoms with E-state index in [4.69, 9.17) is 28.4 Å². The third-order valence-electron chi connectivity index (χ3n) is 9.27. The average Bonchev–Trinajstić information content (AvgIpc) is 3.04. The van der Waals surface area contributed by atoms with Crippen molar-refractivity contribution in [2.24, 2.45) is 11.8 Å². The van der Waals surface area contributed by atoms with E-state index in [2.05, 4.69) is 18.8 Å². The van der Waals surface area contributed by atoms with Crippen molar-refractivity contribution in [2.75, 3.05) is 34.4 Å². The number of nitrogens with zero attached hydrogens (tertiary/aromatic N) is 1. The zero-order valence-electron chi connectivity index (χ0n) is 30.5. The summed E-state index contributed by atoms with van der Waals surface area (Å²) in [6.07, 6.45) is 0.866. The number of likely N-dealkylation sites (N-methyl/N-ethyl adjacent to an activating group) is 1. The first kappa shape index (κ1) is 39.6. The second-order valence-corrected chi connectivity index (χ2v) is 14.2. The maximum absolute atomic E-state index is 13.4. The van der Waals surface area contributed by atoms with Gasteiger partial charge in [-0.25, -0.2) is 9.59 Å². The first-order valence-electron chi connectivity index (χ1n) is 16.9. The number of carbonyl (C=O) groups is 2. The van der Waals surface area contributed by atoms with Gasteiger partial charge in [0.05, 0.1) is 41.6 Å². The molecule has 2 aliphatic rings. The third kappa shape index (κ3) is 10.1. The average molecular weight is 675 g/mol. The van der Waals surface area contributed by atoms with Crippen LogP contribution in [0, 0.1) is 11.8 Å². The number of benzene rings is 1. The van der Waals surface area contributed by atoms with E-state index in [1.54, 1.807) is 58.2 Å². The van der Waals surface area contributed by atoms with Crippen LogP contribution in [0.4, 0.5) is 0 Å². The molecule has 1 aromatic carbocycles. The predicted molar refractivity (Wildman–Crippen MR) is 183 cm³/mol. The Hall–Kier alpha value is -2.80. The number of hydrogen-bond donors (Lipinski definition) is 2. The van der Waals surface area contributed by atoms with Gasteiger partial charge in [-0.15, -0.1) is 6.58 Å². The van der Waals surface area contributed by atoms with Crippen molar-refractivity contribution in [3.8, 4) is 0 Å². The third-order valence-corrected chi connectivity index (χ3v) is 9.27. The molecule has 2 N–H and O–H groups in total. The van der Waals surface area contributed by atoms with Gasteiger partial charge in [0.25, 0.3) is 0 Å². The van der Waals surface area contributed by atoms with Crippen LogP contribution in [0.2, 0.25) is 0 Å². The monoisotopic (exact) mass is 674 g/mol. The highest BCUT2D eigenvalue weighted by Gasteiger charge is 2.50. The van der Waals surface area contributed by atoms with Crippen LogP contribution in [0.15, 0.2) is 54.3 Å². The zero-order valence-corrected chi connectivity index (χ0v) is 30.5. The van der Waals surface area contributed by atoms with Crippen LogP contribution in [0.5, 0.6) is 0 Å². The minimum Gasteiger partial charge on any atom is -0.456 e. The van der Waals surface area contributed by atoms with Crippen molar-refractivity contribution in [2.45, 2.75) is 116 Å². The smallest absolute Gasteiger partial charge is 0.340 e. The fourth-order valence-electron chi connectivity index (χ4n) is 6.67. The molecule has 0 aromatic heterocycles. The van der Waals surface area contributed by atoms with E-state index in [1.165, 1.54) is 0 Å². The van der Waals surface area contributed by atoms with Crippen molar-refractivity contribution in [1.82, 2.24) is 10.2 Å². The number of rotatable bonds is 17. The van der Waals surface area contributed by atoms with E-state index >= 15 is 0 Å². The van der Waals surface area contributed by atoms with Crippen molar-refractivity contribution in [1.29, 1.82) is 0 Å². The van der Waals surface area contributed by atoms with Gasteiger partial charge in [-0.05, 0) is 78.7 Å². The van der Waals surface area contributed by atoms with Gasteiger partial charge in [-0.2, -0.15) is 0 Å². The zero-order chi connectivity index (χ0) is 35.8. The Morgan fingerprint density at radius 2 is 1.90 bits per heavy atom. The Bertz CT molecular complexity index is 1250. The molecule has 3 rings (SSSR count). The lowest BCUT2D eigenvalue weighted by Crippen LogP contribution is -2.59. The van der Waals surface area contributed by atoms with Gasteiger partial charge in [-0.1, -0.05) is 38.1 Å². The van der Waals surface area contributed by atoms with E-state index in [-0.39, 0.29) is 30.7 Å². The van der Waals surface area contributed by atoms with Crippen LogP contribution in [0.25, 0.3) is 0 Å². The summed E-state index contributed by atoms with van der Waals surface area (Å²) in [6, 6.07) is 8.53. The molecule has 0 aliphatic carbocycles. The lowest BCUT2D eigenvalue weighted by Gasteiger charge is -2.48. The van der Waals surface area contributed by atoms with E-state index in [9.17, 15) is 14.7 Å². The molecular formula is C37H58N2O9. The van der Waals surface area contributed by atoms with Gasteiger partial charge in [0.15, 0.2) is 12.4 Å². The van der Waals surface area contributed by atoms with Gasteiger partial charge >= 0.3 is 11.9 Å². The lowest BCUT2D eigenvalue weighted by molar-refractivity contribution is -0.298. The molecule has 0 bridgehead atoms. The molecule has 270 valence electrons. The highest BCUT2D eigenvalue weighted by Crippen LogP contribution is 2.41. The molecule has 6 unspecified atom stereocenters. The maximum atomic E-state index is 13.4. The standard InChI is InChI=1S/C37H58N2O9/c1-12-16-28(22-40)38-21-23(2)20-37(8,43-11)32(25(4)30-26(5)33(41)48-36(6,7)47-30)46-35-31(29(39(9)10)19-24(3)44-35)45-34(42)27-17-14-13-15-18-27/h12-15,17-18,23-25,28-29,31-32,35,38,40H,1,16,19-22H2,2-11H3/t23-,24?,25+,28?,29?,31?,32-,35?,37?/m1/s1. The largest absolute Gasteiger partial charge is 0.456 e. The van der Waals surface area contributed by atoms with Gasteiger partial charge in [-0.3, -0.25) is 0 Å². The molecule has 1 saturated heterocycles. The van der Waals surface area contributed by atoms with Crippen LogP contribution in [0.1, 0.15) is 78.1 Å². The number of hydrogen-bond acceptors (Lipinski definition) is 11. The quantitative estimate of drug-likeness (QED) is 0.174. The first-order valence-corrected chi connectivity index (χ1v) is 16.9. The highest BCUT2D eigenvalue weighted by atomic mass is 16.7. The molecule has 2 aliphatic heterocycles. The van der Waals surface area contributed by atoms with E-state index in [1.807, 2.05) is 45.8 Å². The summed E-state index contributed by atoms with van der Waals surface area (Å²) in [6.45, 7) is 17.4. The van der Waals surface area contributed by atoms with Crippen molar-refractivity contribution >= 4 is 11.9 Å². The Labute approximate surface area is 286 Å². The summed E-state index contributed by atoms with van der Waals surface area (Å²) in [4.78, 5) is 28.4. The molecule has 0 radical (unpaired) electrons. The van der Waals surface area contributed by atoms with Crippen molar-refractivity contribution in [3.05, 3.63) is 59.9 Å². The van der Waals surface area contributed by atoms with E-state index in [0.29, 0.717) is 42.7 Å². The molecule has 11 heteroatoms. The summed E-state index contributed by atoms with van der Waals surface area (Å²) in [5.41, 5.74) is -0.174. The number of esters is 2. The molecule has 1 fully saturated rings. The van der Waals surface area contributed by atoms with Crippen LogP contribution >= 0.6 is 0 Å². The number of carbonyl (C=O) groups excluding carboxylic acids is 2. The number of nitrogens with one attached hydrogen (secondary N) is 1. The van der Waals surface area contributed by atoms with Gasteiger partial charge in [0.1, 0.15) is 5.76 Å². The van der Waals surface area contributed by atoms with Crippen LogP contribution < -0.4 is 5.32 Å². The number of aliphatic hydroxyl groups is 1. The second-order valence-electron chi connectivity index (χ2n) is 14.2. The molecule has 0 amide bonds. The number of methoxy groups -OCH3 is 1. The van der Waals surface area contributed by atoms with Gasteiger partial charge < -0.3 is 43.7 Å². The number of ether oxygens (including phenoxy) is 6. The highest BCUT2D eigenvalue weighted by molar-refractivity contribution is 5.89. The van der Waals surface area contributed by atoms with Gasteiger partial charge in [0, 0.05) is 32.9 Å². The Morgan fingerprint density at radius 3 is 2.48 bits per heavy atom. The van der Waals surface area contributed by atoms with Crippen molar-refractivity contribution in [3.63, 3.8) is 0 Å². The first-order chi connectivity index (χ1) is 22.5. The Kier molecular flexibility index (Phi) is 14.2. The maximum Gasteiger partial charge on any atom is 0.340 e. The number of cyclic esters (lactones) is 1. The summed E-state index contributed by atoms with van der Waals surface area (Å²) in [5, 5.41) is 13.2. The summed E-state index contributed by atoms with van der Waals surface area (Å²) < 4.78 is 37.8. The minimum atomic E-state index is -1.19. The lowest BCUT2D eigenvalue weighted by atomic mass is 9.80. The molecule has 0 saturated carbocycles.